The topological polar surface area (TPSA) is 169 Å². The van der Waals surface area contributed by atoms with Gasteiger partial charge in [-0.3, -0.25) is 9.59 Å². The van der Waals surface area contributed by atoms with E-state index in [4.69, 9.17) is 18.9 Å². The summed E-state index contributed by atoms with van der Waals surface area (Å²) in [6, 6.07) is 8.07. The monoisotopic (exact) mass is 588 g/mol. The van der Waals surface area contributed by atoms with Crippen LogP contribution < -0.4 is 0 Å². The average Bonchev–Trinajstić information content (AvgIpc) is 3.25. The Kier molecular flexibility index (Phi) is 7.48. The maximum Gasteiger partial charge on any atom is 0.338 e. The van der Waals surface area contributed by atoms with Gasteiger partial charge in [0.15, 0.2) is 18.2 Å². The van der Waals surface area contributed by atoms with E-state index >= 15 is 0 Å². The first-order chi connectivity index (χ1) is 19.6. The van der Waals surface area contributed by atoms with Crippen molar-refractivity contribution in [2.45, 2.75) is 102 Å². The highest BCUT2D eigenvalue weighted by atomic mass is 16.7. The van der Waals surface area contributed by atoms with Gasteiger partial charge in [0.05, 0.1) is 35.9 Å². The molecule has 0 aromatic heterocycles. The van der Waals surface area contributed by atoms with Crippen molar-refractivity contribution in [2.75, 3.05) is 6.61 Å². The van der Waals surface area contributed by atoms with Gasteiger partial charge in [0.25, 0.3) is 0 Å². The number of esters is 2. The number of benzene rings is 1. The summed E-state index contributed by atoms with van der Waals surface area (Å²) in [5.41, 5.74) is -6.52. The Morgan fingerprint density at radius 2 is 1.74 bits per heavy atom. The first-order valence-corrected chi connectivity index (χ1v) is 14.3. The zero-order chi connectivity index (χ0) is 31.0. The summed E-state index contributed by atoms with van der Waals surface area (Å²) in [4.78, 5) is 40.9. The van der Waals surface area contributed by atoms with Crippen molar-refractivity contribution < 1.29 is 53.8 Å². The first kappa shape index (κ1) is 30.8. The quantitative estimate of drug-likeness (QED) is 0.297. The Labute approximate surface area is 244 Å². The lowest BCUT2D eigenvalue weighted by atomic mass is 9.45. The van der Waals surface area contributed by atoms with E-state index in [-0.39, 0.29) is 24.0 Å². The van der Waals surface area contributed by atoms with Crippen LogP contribution >= 0.6 is 0 Å². The lowest BCUT2D eigenvalue weighted by Gasteiger charge is -2.63. The van der Waals surface area contributed by atoms with Gasteiger partial charge in [0, 0.05) is 31.1 Å². The molecule has 3 aliphatic carbocycles. The van der Waals surface area contributed by atoms with Crippen LogP contribution in [0.25, 0.3) is 0 Å². The molecule has 1 aromatic carbocycles. The molecule has 0 unspecified atom stereocenters. The maximum atomic E-state index is 14.8. The number of aliphatic hydroxyl groups excluding tert-OH is 3. The molecule has 0 radical (unpaired) electrons. The van der Waals surface area contributed by atoms with E-state index in [9.17, 15) is 34.8 Å². The Hall–Kier alpha value is -2.67. The number of carbonyl (C=O) groups excluding carboxylic acids is 3. The molecular weight excluding hydrogens is 548 g/mol. The Morgan fingerprint density at radius 3 is 2.33 bits per heavy atom. The fourth-order valence-electron chi connectivity index (χ4n) is 8.08. The van der Waals surface area contributed by atoms with E-state index < -0.39 is 89.1 Å². The van der Waals surface area contributed by atoms with Crippen LogP contribution in [0.4, 0.5) is 0 Å². The van der Waals surface area contributed by atoms with Crippen LogP contribution in [0.5, 0.6) is 0 Å². The molecule has 3 fully saturated rings. The van der Waals surface area contributed by atoms with Gasteiger partial charge in [-0.15, -0.1) is 0 Å². The minimum atomic E-state index is -2.12. The number of ether oxygens (including phenoxy) is 4. The smallest absolute Gasteiger partial charge is 0.338 e. The van der Waals surface area contributed by atoms with Gasteiger partial charge in [-0.2, -0.15) is 0 Å². The molecule has 1 saturated heterocycles. The van der Waals surface area contributed by atoms with Crippen LogP contribution in [0, 0.1) is 16.7 Å². The van der Waals surface area contributed by atoms with Gasteiger partial charge in [0.1, 0.15) is 17.3 Å². The Balaban J connectivity index is 1.85. The van der Waals surface area contributed by atoms with Crippen molar-refractivity contribution in [1.29, 1.82) is 0 Å². The number of hydrogen-bond donors (Lipinski definition) is 4. The summed E-state index contributed by atoms with van der Waals surface area (Å²) in [6.07, 6.45) is -8.24. The molecule has 2 bridgehead atoms. The molecule has 230 valence electrons. The number of fused-ring (bicyclic) bond motifs is 5. The summed E-state index contributed by atoms with van der Waals surface area (Å²) < 4.78 is 24.1. The third-order valence-corrected chi connectivity index (χ3v) is 10.4. The van der Waals surface area contributed by atoms with E-state index in [1.165, 1.54) is 19.1 Å². The molecule has 42 heavy (non-hydrogen) atoms. The van der Waals surface area contributed by atoms with Crippen molar-refractivity contribution in [2.24, 2.45) is 16.7 Å². The number of carbonyl (C=O) groups is 3. The third kappa shape index (κ3) is 4.12. The van der Waals surface area contributed by atoms with Crippen molar-refractivity contribution in [3.05, 3.63) is 47.0 Å². The standard InChI is InChI=1S/C31H40O11/c1-15-19(34)13-31(38)26(41-27(37)18-10-8-7-9-11-18)24-29(6,20(35)12-21-30(24,14-32)42-17(3)40-21)25(36)23(39-16(2)33)22(15)28(31,4)5/h7-11,17,19-21,23-24,26,32,34-35,38H,12-14H2,1-6H3/t17-,19-,20-,21-,23+,24-,26-,29+,30-,31+/m0/s1. The molecular formula is C31H40O11. The second-order valence-electron chi connectivity index (χ2n) is 12.8. The molecule has 1 heterocycles. The number of aliphatic hydroxyl groups is 4. The molecule has 2 saturated carbocycles. The molecule has 11 heteroatoms. The van der Waals surface area contributed by atoms with Crippen molar-refractivity contribution in [3.8, 4) is 0 Å². The molecule has 11 nitrogen and oxygen atoms in total. The van der Waals surface area contributed by atoms with Gasteiger partial charge in [-0.05, 0) is 44.1 Å². The summed E-state index contributed by atoms with van der Waals surface area (Å²) in [6.45, 7) is 8.34. The Morgan fingerprint density at radius 1 is 1.10 bits per heavy atom. The molecule has 1 aliphatic heterocycles. The largest absolute Gasteiger partial charge is 0.455 e. The summed E-state index contributed by atoms with van der Waals surface area (Å²) in [5.74, 6) is -3.75. The predicted molar refractivity (Wildman–Crippen MR) is 146 cm³/mol. The summed E-state index contributed by atoms with van der Waals surface area (Å²) in [7, 11) is 0. The normalized spacial score (nSPS) is 42.6. The van der Waals surface area contributed by atoms with Crippen LogP contribution in [0.1, 0.15) is 64.7 Å². The SMILES string of the molecule is CC(=O)O[C@H]1C(=O)[C@@]2(C)[C@H]([C@H](OC(=O)c3ccccc3)[C@]3(O)C[C@H](O)C(C)=C1C3(C)C)[C@@]1(CO)O[C@@H](C)O[C@H]1C[C@@H]2O. The highest BCUT2D eigenvalue weighted by molar-refractivity contribution is 5.95. The van der Waals surface area contributed by atoms with Crippen LogP contribution in [-0.4, -0.2) is 92.8 Å². The number of Topliss-reactive ketones (excluding diaryl/α,β-unsaturated/α-hetero) is 1. The van der Waals surface area contributed by atoms with Gasteiger partial charge in [-0.25, -0.2) is 4.79 Å². The van der Waals surface area contributed by atoms with E-state index in [1.807, 2.05) is 0 Å². The van der Waals surface area contributed by atoms with Crippen LogP contribution in [0.15, 0.2) is 41.5 Å². The predicted octanol–water partition coefficient (Wildman–Crippen LogP) is 1.44. The zero-order valence-corrected chi connectivity index (χ0v) is 24.7. The van der Waals surface area contributed by atoms with Gasteiger partial charge < -0.3 is 39.4 Å². The fourth-order valence-corrected chi connectivity index (χ4v) is 8.08. The number of hydrogen-bond acceptors (Lipinski definition) is 11. The molecule has 10 atom stereocenters. The maximum absolute atomic E-state index is 14.8. The number of ketones is 1. The van der Waals surface area contributed by atoms with Crippen LogP contribution in [-0.2, 0) is 28.5 Å². The van der Waals surface area contributed by atoms with Gasteiger partial charge in [0.2, 0.25) is 0 Å². The van der Waals surface area contributed by atoms with Gasteiger partial charge >= 0.3 is 11.9 Å². The lowest BCUT2D eigenvalue weighted by Crippen LogP contribution is -2.77. The van der Waals surface area contributed by atoms with Crippen molar-refractivity contribution >= 4 is 17.7 Å². The third-order valence-electron chi connectivity index (χ3n) is 10.4. The minimum Gasteiger partial charge on any atom is -0.455 e. The second-order valence-corrected chi connectivity index (χ2v) is 12.8. The minimum absolute atomic E-state index is 0.127. The molecule has 0 amide bonds. The van der Waals surface area contributed by atoms with E-state index in [0.717, 1.165) is 6.92 Å². The summed E-state index contributed by atoms with van der Waals surface area (Å²) >= 11 is 0. The highest BCUT2D eigenvalue weighted by Crippen LogP contribution is 2.63. The first-order valence-electron chi connectivity index (χ1n) is 14.3. The van der Waals surface area contributed by atoms with E-state index in [1.54, 1.807) is 45.9 Å². The van der Waals surface area contributed by atoms with E-state index in [0.29, 0.717) is 5.57 Å². The molecule has 4 aliphatic rings. The Bertz CT molecular complexity index is 1310. The molecule has 4 N–H and O–H groups in total. The lowest BCUT2D eigenvalue weighted by molar-refractivity contribution is -0.268. The van der Waals surface area contributed by atoms with Crippen molar-refractivity contribution in [1.82, 2.24) is 0 Å². The molecule has 0 spiro atoms. The van der Waals surface area contributed by atoms with Crippen LogP contribution in [0.2, 0.25) is 0 Å². The van der Waals surface area contributed by atoms with Crippen molar-refractivity contribution in [3.63, 3.8) is 0 Å². The molecule has 5 rings (SSSR count). The van der Waals surface area contributed by atoms with E-state index in [2.05, 4.69) is 0 Å². The fraction of sp³-hybridized carbons (Fsp3) is 0.645. The number of rotatable bonds is 4. The zero-order valence-electron chi connectivity index (χ0n) is 24.7. The second kappa shape index (κ2) is 10.2. The highest BCUT2D eigenvalue weighted by Gasteiger charge is 2.76. The van der Waals surface area contributed by atoms with Crippen LogP contribution in [0.3, 0.4) is 0 Å². The van der Waals surface area contributed by atoms with Gasteiger partial charge in [-0.1, -0.05) is 32.0 Å². The average molecular weight is 589 g/mol. The molecule has 1 aromatic rings. The summed E-state index contributed by atoms with van der Waals surface area (Å²) in [5, 5.41) is 46.9.